The molecule has 7 heterocycles. The topological polar surface area (TPSA) is 208 Å². The molecule has 20 heteroatoms. The molecule has 426 valence electrons. The number of rotatable bonds is 17. The monoisotopic (exact) mass is 1120 g/mol. The molecule has 17 nitrogen and oxygen atoms in total. The van der Waals surface area contributed by atoms with Crippen molar-refractivity contribution < 1.29 is 42.9 Å². The summed E-state index contributed by atoms with van der Waals surface area (Å²) < 4.78 is 44.7. The number of piperazine rings is 1. The fraction of sp³-hybridized carbons (Fsp3) is 0.492. The Kier molecular flexibility index (Phi) is 15.8. The van der Waals surface area contributed by atoms with E-state index in [0.29, 0.717) is 42.9 Å². The van der Waals surface area contributed by atoms with E-state index in [-0.39, 0.29) is 94.4 Å². The number of aromatic nitrogens is 4. The number of aryl methyl sites for hydroxylation is 1. The molecule has 2 unspecified atom stereocenters. The number of aliphatic hydroxyl groups excluding tert-OH is 1. The Hall–Kier alpha value is -6.89. The number of fused-ring (bicyclic) bond motifs is 4. The molecule has 2 bridgehead atoms. The third-order valence-corrected chi connectivity index (χ3v) is 18.0. The van der Waals surface area contributed by atoms with Gasteiger partial charge in [0.1, 0.15) is 47.3 Å². The van der Waals surface area contributed by atoms with Crippen molar-refractivity contribution in [2.45, 2.75) is 116 Å². The molecule has 0 spiro atoms. The summed E-state index contributed by atoms with van der Waals surface area (Å²) >= 11 is 1.57. The minimum absolute atomic E-state index is 0.0000981. The molecule has 81 heavy (non-hydrogen) atoms. The average Bonchev–Trinajstić information content (AvgIpc) is 3.82. The number of hydrogen-bond donors (Lipinski definition) is 5. The molecule has 5 fully saturated rings. The minimum Gasteiger partial charge on any atom is -0.508 e. The second-order valence-electron chi connectivity index (χ2n) is 24.1. The van der Waals surface area contributed by atoms with E-state index in [4.69, 9.17) is 20.9 Å². The standard InChI is InChI=1S/C61H70F2N10O7S/c1-7-44-47(62)15-12-39-22-42(74)23-45(50(39)44)52-51(63)53-46(25-64-52)56(72-26-40-13-14-41(27-72)67-40)70-59(69-53)80-32-61(18-19-61)31-71-20-16-36(17-21-71)29-79-30-49(76)68-55(60(4,5)6)58(78)73-28-43(75)24-48(73)57(77)66-34(2)37-8-10-38(11-9-37)54-35(3)65-33-81-54/h1,8-12,15,22-23,25,33-34,36,40-41,43,48,55,67,74-75H,13-14,16-21,24,26-32H2,2-6H3,(H,66,77)(H,68,76)/t34-,40?,41?,43+,48-,55+/m0/s1. The van der Waals surface area contributed by atoms with Gasteiger partial charge in [-0.1, -0.05) is 57.0 Å². The van der Waals surface area contributed by atoms with Crippen LogP contribution in [-0.2, 0) is 19.1 Å². The van der Waals surface area contributed by atoms with Crippen LogP contribution < -0.4 is 25.6 Å². The van der Waals surface area contributed by atoms with Crippen LogP contribution >= 0.6 is 11.3 Å². The van der Waals surface area contributed by atoms with Gasteiger partial charge < -0.3 is 50.3 Å². The summed E-state index contributed by atoms with van der Waals surface area (Å²) in [7, 11) is 0. The van der Waals surface area contributed by atoms with Gasteiger partial charge in [-0.05, 0) is 112 Å². The maximum absolute atomic E-state index is 17.2. The molecule has 5 N–H and O–H groups in total. The number of carbonyl (C=O) groups is 3. The van der Waals surface area contributed by atoms with Crippen LogP contribution in [-0.4, -0.2) is 147 Å². The predicted octanol–water partition coefficient (Wildman–Crippen LogP) is 7.44. The van der Waals surface area contributed by atoms with Gasteiger partial charge in [0.05, 0.1) is 52.4 Å². The van der Waals surface area contributed by atoms with E-state index in [1.165, 1.54) is 35.4 Å². The van der Waals surface area contributed by atoms with Gasteiger partial charge in [0.15, 0.2) is 5.82 Å². The Bertz CT molecular complexity index is 3400. The van der Waals surface area contributed by atoms with Gasteiger partial charge in [-0.15, -0.1) is 17.8 Å². The van der Waals surface area contributed by atoms with Gasteiger partial charge >= 0.3 is 6.01 Å². The molecule has 3 aromatic heterocycles. The Morgan fingerprint density at radius 1 is 0.988 bits per heavy atom. The van der Waals surface area contributed by atoms with E-state index in [1.54, 1.807) is 11.3 Å². The highest BCUT2D eigenvalue weighted by molar-refractivity contribution is 7.13. The Morgan fingerprint density at radius 3 is 2.41 bits per heavy atom. The highest BCUT2D eigenvalue weighted by Crippen LogP contribution is 2.47. The van der Waals surface area contributed by atoms with Gasteiger partial charge in [-0.2, -0.15) is 9.97 Å². The number of nitrogens with zero attached hydrogens (tertiary/aromatic N) is 7. The number of hydrogen-bond acceptors (Lipinski definition) is 15. The number of halogens is 2. The van der Waals surface area contributed by atoms with Crippen LogP contribution in [0.4, 0.5) is 14.6 Å². The molecule has 1 aliphatic carbocycles. The zero-order valence-electron chi connectivity index (χ0n) is 46.4. The van der Waals surface area contributed by atoms with Crippen LogP contribution in [0, 0.1) is 47.6 Å². The lowest BCUT2D eigenvalue weighted by molar-refractivity contribution is -0.144. The maximum Gasteiger partial charge on any atom is 0.319 e. The second-order valence-corrected chi connectivity index (χ2v) is 25.0. The van der Waals surface area contributed by atoms with E-state index in [0.717, 1.165) is 79.9 Å². The summed E-state index contributed by atoms with van der Waals surface area (Å²) in [5.74, 6) is 0.335. The van der Waals surface area contributed by atoms with Crippen molar-refractivity contribution in [2.24, 2.45) is 16.7 Å². The zero-order chi connectivity index (χ0) is 56.9. The number of terminal acetylenes is 1. The number of pyridine rings is 1. The van der Waals surface area contributed by atoms with Crippen molar-refractivity contribution in [1.82, 2.24) is 45.7 Å². The summed E-state index contributed by atoms with van der Waals surface area (Å²) in [6, 6.07) is 11.8. The van der Waals surface area contributed by atoms with Crippen LogP contribution in [0.25, 0.3) is 43.4 Å². The summed E-state index contributed by atoms with van der Waals surface area (Å²) in [5, 5.41) is 32.2. The summed E-state index contributed by atoms with van der Waals surface area (Å²) in [4.78, 5) is 67.2. The quantitative estimate of drug-likeness (QED) is 0.0563. The second kappa shape index (κ2) is 22.8. The van der Waals surface area contributed by atoms with Gasteiger partial charge in [0.25, 0.3) is 0 Å². The lowest BCUT2D eigenvalue weighted by atomic mass is 9.85. The number of phenols is 1. The van der Waals surface area contributed by atoms with Crippen molar-refractivity contribution in [3.63, 3.8) is 0 Å². The van der Waals surface area contributed by atoms with Gasteiger partial charge in [0, 0.05) is 67.2 Å². The number of ether oxygens (including phenoxy) is 2. The Labute approximate surface area is 474 Å². The van der Waals surface area contributed by atoms with E-state index in [1.807, 2.05) is 64.4 Å². The SMILES string of the molecule is C#Cc1c(F)ccc2cc(O)cc(-c3ncc4c(N5CC6CCC(C5)N6)nc(OCC5(CN6CCC(COCC(=O)N[C@H](C(=O)N7C[C@H](O)C[C@H]7C(=O)N[C@@H](C)c7ccc(-c8scnc8C)cc7)C(C)(C)C)CC6)CC5)nc4c3F)c12. The van der Waals surface area contributed by atoms with E-state index in [2.05, 4.69) is 46.6 Å². The molecule has 4 saturated heterocycles. The smallest absolute Gasteiger partial charge is 0.319 e. The fourth-order valence-corrected chi connectivity index (χ4v) is 13.1. The molecule has 6 aromatic rings. The van der Waals surface area contributed by atoms with E-state index in [9.17, 15) is 24.6 Å². The van der Waals surface area contributed by atoms with Crippen molar-refractivity contribution in [3.05, 3.63) is 88.7 Å². The number of thiazole rings is 1. The van der Waals surface area contributed by atoms with Gasteiger partial charge in [-0.3, -0.25) is 19.4 Å². The lowest BCUT2D eigenvalue weighted by Gasteiger charge is -2.36. The molecule has 6 atom stereocenters. The largest absolute Gasteiger partial charge is 0.508 e. The van der Waals surface area contributed by atoms with Crippen molar-refractivity contribution in [2.75, 3.05) is 64.0 Å². The molecular formula is C61H70F2N10O7S. The summed E-state index contributed by atoms with van der Waals surface area (Å²) in [6.45, 7) is 13.7. The number of benzene rings is 3. The number of amides is 3. The Balaban J connectivity index is 0.686. The number of piperidine rings is 1. The van der Waals surface area contributed by atoms with Crippen molar-refractivity contribution >= 4 is 56.6 Å². The molecule has 0 radical (unpaired) electrons. The van der Waals surface area contributed by atoms with Crippen LogP contribution in [0.1, 0.15) is 95.5 Å². The number of carbonyl (C=O) groups excluding carboxylic acids is 3. The molecule has 3 aromatic carbocycles. The Morgan fingerprint density at radius 2 is 1.73 bits per heavy atom. The van der Waals surface area contributed by atoms with Crippen molar-refractivity contribution in [1.29, 1.82) is 0 Å². The molecular weight excluding hydrogens is 1050 g/mol. The third-order valence-electron chi connectivity index (χ3n) is 17.0. The number of aromatic hydroxyl groups is 1. The number of likely N-dealkylation sites (tertiary alicyclic amines) is 2. The molecule has 5 aliphatic rings. The van der Waals surface area contributed by atoms with Crippen LogP contribution in [0.15, 0.2) is 60.2 Å². The normalized spacial score (nSPS) is 21.7. The van der Waals surface area contributed by atoms with Gasteiger partial charge in [0.2, 0.25) is 17.7 Å². The summed E-state index contributed by atoms with van der Waals surface area (Å²) in [6.07, 6.45) is 12.2. The third kappa shape index (κ3) is 11.9. The summed E-state index contributed by atoms with van der Waals surface area (Å²) in [5.41, 5.74) is 3.79. The lowest BCUT2D eigenvalue weighted by Crippen LogP contribution is -2.58. The first kappa shape index (κ1) is 56.0. The van der Waals surface area contributed by atoms with Crippen LogP contribution in [0.2, 0.25) is 0 Å². The van der Waals surface area contributed by atoms with Crippen LogP contribution in [0.5, 0.6) is 11.8 Å². The van der Waals surface area contributed by atoms with Gasteiger partial charge in [-0.25, -0.2) is 13.8 Å². The highest BCUT2D eigenvalue weighted by Gasteiger charge is 2.47. The zero-order valence-corrected chi connectivity index (χ0v) is 47.3. The van der Waals surface area contributed by atoms with Crippen molar-refractivity contribution in [3.8, 4) is 45.8 Å². The number of β-amino-alcohol motifs (C(OH)–C–C–N with tert-alkyl or cyclic N) is 1. The fourth-order valence-electron chi connectivity index (χ4n) is 12.3. The number of aliphatic hydroxyl groups is 1. The van der Waals surface area contributed by atoms with Crippen LogP contribution in [0.3, 0.4) is 0 Å². The predicted molar refractivity (Wildman–Crippen MR) is 305 cm³/mol. The molecule has 1 saturated carbocycles. The van der Waals surface area contributed by atoms with E-state index >= 15 is 8.78 Å². The maximum atomic E-state index is 17.2. The highest BCUT2D eigenvalue weighted by atomic mass is 32.1. The molecule has 3 amide bonds. The molecule has 4 aliphatic heterocycles. The number of anilines is 1. The van der Waals surface area contributed by atoms with E-state index < -0.39 is 47.1 Å². The number of phenolic OH excluding ortho intramolecular Hbond substituents is 1. The minimum atomic E-state index is -0.978. The first-order valence-electron chi connectivity index (χ1n) is 28.1. The number of nitrogens with one attached hydrogen (secondary N) is 3. The molecule has 11 rings (SSSR count). The average molecular weight is 1130 g/mol. The first-order chi connectivity index (χ1) is 38.8. The first-order valence-corrected chi connectivity index (χ1v) is 29.0.